The van der Waals surface area contributed by atoms with Gasteiger partial charge in [0.1, 0.15) is 4.88 Å². The minimum atomic E-state index is -0.955. The van der Waals surface area contributed by atoms with Gasteiger partial charge in [-0.15, -0.1) is 0 Å². The second-order valence-corrected chi connectivity index (χ2v) is 6.78. The van der Waals surface area contributed by atoms with Crippen LogP contribution in [0.4, 0.5) is 0 Å². The maximum Gasteiger partial charge on any atom is 0.348 e. The summed E-state index contributed by atoms with van der Waals surface area (Å²) in [4.78, 5) is 17.2. The van der Waals surface area contributed by atoms with Crippen LogP contribution in [0.1, 0.15) is 9.67 Å². The van der Waals surface area contributed by atoms with Gasteiger partial charge in [0.15, 0.2) is 16.5 Å². The van der Waals surface area contributed by atoms with E-state index in [4.69, 9.17) is 9.47 Å². The molecule has 0 bridgehead atoms. The Balaban J connectivity index is 1.69. The zero-order valence-electron chi connectivity index (χ0n) is 13.4. The number of hydrogen-bond acceptors (Lipinski definition) is 5. The standard InChI is InChI=1S/C19H12N2O4S/c22-18(23)17-16(11-4-2-1-3-5-11)21-9-13(20-19(21)26-17)12-6-7-14-15(8-12)25-10-24-14/h1-9H,10H2,(H,22,23). The minimum Gasteiger partial charge on any atom is -0.477 e. The van der Waals surface area contributed by atoms with Gasteiger partial charge in [0, 0.05) is 17.3 Å². The summed E-state index contributed by atoms with van der Waals surface area (Å²) in [5, 5.41) is 9.58. The van der Waals surface area contributed by atoms with Gasteiger partial charge in [0.2, 0.25) is 6.79 Å². The quantitative estimate of drug-likeness (QED) is 0.591. The van der Waals surface area contributed by atoms with Crippen LogP contribution in [0.2, 0.25) is 0 Å². The van der Waals surface area contributed by atoms with E-state index in [1.165, 1.54) is 0 Å². The second-order valence-electron chi connectivity index (χ2n) is 5.80. The first kappa shape index (κ1) is 15.0. The molecular weight excluding hydrogens is 352 g/mol. The highest BCUT2D eigenvalue weighted by molar-refractivity contribution is 7.19. The zero-order valence-corrected chi connectivity index (χ0v) is 14.2. The Morgan fingerprint density at radius 2 is 1.88 bits per heavy atom. The minimum absolute atomic E-state index is 0.219. The molecule has 3 heterocycles. The summed E-state index contributed by atoms with van der Waals surface area (Å²) in [5.41, 5.74) is 3.12. The van der Waals surface area contributed by atoms with Gasteiger partial charge in [0.05, 0.1) is 11.4 Å². The highest BCUT2D eigenvalue weighted by atomic mass is 32.1. The van der Waals surface area contributed by atoms with Gasteiger partial charge >= 0.3 is 5.97 Å². The van der Waals surface area contributed by atoms with Gasteiger partial charge in [-0.2, -0.15) is 0 Å². The molecule has 0 aliphatic carbocycles. The van der Waals surface area contributed by atoms with E-state index >= 15 is 0 Å². The lowest BCUT2D eigenvalue weighted by Gasteiger charge is -2.02. The monoisotopic (exact) mass is 364 g/mol. The van der Waals surface area contributed by atoms with E-state index in [0.717, 1.165) is 28.2 Å². The van der Waals surface area contributed by atoms with Crippen molar-refractivity contribution < 1.29 is 19.4 Å². The summed E-state index contributed by atoms with van der Waals surface area (Å²) in [6.45, 7) is 0.219. The average Bonchev–Trinajstić information content (AvgIpc) is 3.35. The van der Waals surface area contributed by atoms with E-state index in [1.807, 2.05) is 59.1 Å². The van der Waals surface area contributed by atoms with E-state index in [0.29, 0.717) is 22.2 Å². The molecule has 128 valence electrons. The number of aromatic nitrogens is 2. The largest absolute Gasteiger partial charge is 0.477 e. The summed E-state index contributed by atoms with van der Waals surface area (Å²) in [5.74, 6) is 0.449. The first-order chi connectivity index (χ1) is 12.7. The van der Waals surface area contributed by atoms with Crippen LogP contribution >= 0.6 is 11.3 Å². The molecule has 0 radical (unpaired) electrons. The molecule has 4 aromatic rings. The number of rotatable bonds is 3. The average molecular weight is 364 g/mol. The molecular formula is C19H12N2O4S. The molecule has 0 saturated carbocycles. The summed E-state index contributed by atoms with van der Waals surface area (Å²) in [7, 11) is 0. The number of carbonyl (C=O) groups is 1. The fourth-order valence-electron chi connectivity index (χ4n) is 3.05. The van der Waals surface area contributed by atoms with Crippen molar-refractivity contribution in [2.75, 3.05) is 6.79 Å². The Hall–Kier alpha value is -3.32. The van der Waals surface area contributed by atoms with Gasteiger partial charge < -0.3 is 14.6 Å². The van der Waals surface area contributed by atoms with Gasteiger partial charge in [-0.05, 0) is 18.2 Å². The fourth-order valence-corrected chi connectivity index (χ4v) is 4.02. The molecule has 0 unspecified atom stereocenters. The third-order valence-electron chi connectivity index (χ3n) is 4.23. The molecule has 1 aliphatic heterocycles. The van der Waals surface area contributed by atoms with Crippen LogP contribution in [0.5, 0.6) is 11.5 Å². The first-order valence-corrected chi connectivity index (χ1v) is 8.73. The molecule has 0 atom stereocenters. The Labute approximate surface area is 151 Å². The third-order valence-corrected chi connectivity index (χ3v) is 5.28. The van der Waals surface area contributed by atoms with Crippen molar-refractivity contribution in [3.05, 3.63) is 59.6 Å². The van der Waals surface area contributed by atoms with Crippen molar-refractivity contribution in [1.82, 2.24) is 9.38 Å². The van der Waals surface area contributed by atoms with Crippen molar-refractivity contribution in [1.29, 1.82) is 0 Å². The zero-order chi connectivity index (χ0) is 17.7. The molecule has 0 fully saturated rings. The highest BCUT2D eigenvalue weighted by Gasteiger charge is 2.22. The third kappa shape index (κ3) is 2.25. The van der Waals surface area contributed by atoms with Crippen molar-refractivity contribution in [3.8, 4) is 34.0 Å². The number of benzene rings is 2. The number of fused-ring (bicyclic) bond motifs is 2. The predicted molar refractivity (Wildman–Crippen MR) is 97.0 cm³/mol. The van der Waals surface area contributed by atoms with Crippen LogP contribution in [-0.4, -0.2) is 27.3 Å². The molecule has 0 spiro atoms. The smallest absolute Gasteiger partial charge is 0.348 e. The number of aromatic carboxylic acids is 1. The van der Waals surface area contributed by atoms with Crippen LogP contribution < -0.4 is 9.47 Å². The molecule has 26 heavy (non-hydrogen) atoms. The maximum atomic E-state index is 11.7. The number of hydrogen-bond donors (Lipinski definition) is 1. The molecule has 7 heteroatoms. The Bertz CT molecular complexity index is 1150. The first-order valence-electron chi connectivity index (χ1n) is 7.91. The number of imidazole rings is 1. The van der Waals surface area contributed by atoms with Crippen LogP contribution in [-0.2, 0) is 0 Å². The van der Waals surface area contributed by atoms with E-state index in [9.17, 15) is 9.90 Å². The predicted octanol–water partition coefficient (Wildman–Crippen LogP) is 4.16. The van der Waals surface area contributed by atoms with Gasteiger partial charge in [-0.25, -0.2) is 9.78 Å². The van der Waals surface area contributed by atoms with Crippen molar-refractivity contribution >= 4 is 22.3 Å². The summed E-state index contributed by atoms with van der Waals surface area (Å²) < 4.78 is 12.6. The Morgan fingerprint density at radius 1 is 1.08 bits per heavy atom. The van der Waals surface area contributed by atoms with Gasteiger partial charge in [0.25, 0.3) is 0 Å². The topological polar surface area (TPSA) is 73.1 Å². The Morgan fingerprint density at radius 3 is 2.69 bits per heavy atom. The van der Waals surface area contributed by atoms with E-state index < -0.39 is 5.97 Å². The van der Waals surface area contributed by atoms with E-state index in [2.05, 4.69) is 4.98 Å². The van der Waals surface area contributed by atoms with Crippen molar-refractivity contribution in [2.24, 2.45) is 0 Å². The normalized spacial score (nSPS) is 12.6. The summed E-state index contributed by atoms with van der Waals surface area (Å²) >= 11 is 1.16. The molecule has 2 aromatic carbocycles. The van der Waals surface area contributed by atoms with E-state index in [1.54, 1.807) is 0 Å². The Kier molecular flexibility index (Phi) is 3.23. The lowest BCUT2D eigenvalue weighted by molar-refractivity contribution is 0.0702. The number of ether oxygens (including phenoxy) is 2. The van der Waals surface area contributed by atoms with Crippen LogP contribution in [0, 0.1) is 0 Å². The van der Waals surface area contributed by atoms with Crippen molar-refractivity contribution in [3.63, 3.8) is 0 Å². The number of carboxylic acids is 1. The molecule has 0 saturated heterocycles. The van der Waals surface area contributed by atoms with E-state index in [-0.39, 0.29) is 11.7 Å². The molecule has 6 nitrogen and oxygen atoms in total. The number of thiazole rings is 1. The van der Waals surface area contributed by atoms with Crippen LogP contribution in [0.15, 0.2) is 54.7 Å². The molecule has 1 aliphatic rings. The maximum absolute atomic E-state index is 11.7. The molecule has 0 amide bonds. The number of nitrogens with zero attached hydrogens (tertiary/aromatic N) is 2. The highest BCUT2D eigenvalue weighted by Crippen LogP contribution is 2.38. The van der Waals surface area contributed by atoms with Crippen LogP contribution in [0.3, 0.4) is 0 Å². The second kappa shape index (κ2) is 5.60. The summed E-state index contributed by atoms with van der Waals surface area (Å²) in [6, 6.07) is 15.1. The molecule has 5 rings (SSSR count). The molecule has 1 N–H and O–H groups in total. The molecule has 2 aromatic heterocycles. The SMILES string of the molecule is O=C(O)c1sc2nc(-c3ccc4c(c3)OCO4)cn2c1-c1ccccc1. The van der Waals surface area contributed by atoms with Crippen molar-refractivity contribution in [2.45, 2.75) is 0 Å². The lowest BCUT2D eigenvalue weighted by Crippen LogP contribution is -1.97. The fraction of sp³-hybridized carbons (Fsp3) is 0.0526. The van der Waals surface area contributed by atoms with Crippen LogP contribution in [0.25, 0.3) is 27.5 Å². The van der Waals surface area contributed by atoms with Gasteiger partial charge in [-0.3, -0.25) is 4.40 Å². The van der Waals surface area contributed by atoms with Gasteiger partial charge in [-0.1, -0.05) is 41.7 Å². The number of carboxylic acid groups (broad SMARTS) is 1. The summed E-state index contributed by atoms with van der Waals surface area (Å²) in [6.07, 6.45) is 1.86. The lowest BCUT2D eigenvalue weighted by atomic mass is 10.1.